The number of carbonyl (C=O) groups is 1. The molecular weight excluding hydrogens is 264 g/mol. The number of hydrogen-bond acceptors (Lipinski definition) is 3. The Morgan fingerprint density at radius 1 is 1.29 bits per heavy atom. The zero-order valence-corrected chi connectivity index (χ0v) is 12.7. The summed E-state index contributed by atoms with van der Waals surface area (Å²) in [5.74, 6) is 1.13. The number of nitrogens with zero attached hydrogens (tertiary/aromatic N) is 1. The van der Waals surface area contributed by atoms with Crippen LogP contribution in [-0.4, -0.2) is 36.5 Å². The number of hydrogen-bond donors (Lipinski definition) is 1. The van der Waals surface area contributed by atoms with E-state index in [2.05, 4.69) is 16.3 Å². The molecule has 114 valence electrons. The van der Waals surface area contributed by atoms with Crippen LogP contribution in [0.1, 0.15) is 37.7 Å². The highest BCUT2D eigenvalue weighted by Gasteiger charge is 2.36. The van der Waals surface area contributed by atoms with E-state index in [-0.39, 0.29) is 11.9 Å². The summed E-state index contributed by atoms with van der Waals surface area (Å²) in [6, 6.07) is 8.42. The van der Waals surface area contributed by atoms with Gasteiger partial charge in [-0.15, -0.1) is 0 Å². The number of amides is 1. The minimum atomic E-state index is 0.00839. The Hall–Kier alpha value is -1.55. The van der Waals surface area contributed by atoms with Crippen LogP contribution in [0.2, 0.25) is 0 Å². The predicted molar refractivity (Wildman–Crippen MR) is 82.2 cm³/mol. The first-order valence-electron chi connectivity index (χ1n) is 7.95. The van der Waals surface area contributed by atoms with Gasteiger partial charge in [0.2, 0.25) is 5.91 Å². The maximum Gasteiger partial charge on any atom is 0.240 e. The van der Waals surface area contributed by atoms with Crippen molar-refractivity contribution in [1.29, 1.82) is 0 Å². The van der Waals surface area contributed by atoms with Crippen molar-refractivity contribution < 1.29 is 9.53 Å². The van der Waals surface area contributed by atoms with Gasteiger partial charge in [0.1, 0.15) is 5.75 Å². The maximum absolute atomic E-state index is 12.8. The molecule has 4 heteroatoms. The Kier molecular flexibility index (Phi) is 4.44. The van der Waals surface area contributed by atoms with Gasteiger partial charge in [-0.3, -0.25) is 4.79 Å². The number of rotatable bonds is 5. The average molecular weight is 288 g/mol. The van der Waals surface area contributed by atoms with Crippen molar-refractivity contribution in [3.05, 3.63) is 29.8 Å². The second-order valence-corrected chi connectivity index (χ2v) is 6.01. The van der Waals surface area contributed by atoms with Gasteiger partial charge in [0.15, 0.2) is 0 Å². The quantitative estimate of drug-likeness (QED) is 0.904. The largest absolute Gasteiger partial charge is 0.496 e. The van der Waals surface area contributed by atoms with Gasteiger partial charge in [0, 0.05) is 18.2 Å². The summed E-state index contributed by atoms with van der Waals surface area (Å²) < 4.78 is 5.42. The highest BCUT2D eigenvalue weighted by molar-refractivity contribution is 5.82. The van der Waals surface area contributed by atoms with Crippen molar-refractivity contribution >= 4 is 5.91 Å². The molecule has 1 aromatic rings. The van der Waals surface area contributed by atoms with E-state index in [4.69, 9.17) is 4.74 Å². The number of benzene rings is 1. The van der Waals surface area contributed by atoms with Gasteiger partial charge in [-0.25, -0.2) is 0 Å². The molecule has 1 aliphatic carbocycles. The molecule has 0 aromatic heterocycles. The SMILES string of the molecule is COc1ccccc1CN(C(=O)C1CCCCN1)C1CC1. The molecule has 1 N–H and O–H groups in total. The van der Waals surface area contributed by atoms with E-state index >= 15 is 0 Å². The Bertz CT molecular complexity index is 493. The van der Waals surface area contributed by atoms with E-state index in [1.54, 1.807) is 7.11 Å². The van der Waals surface area contributed by atoms with E-state index in [9.17, 15) is 4.79 Å². The van der Waals surface area contributed by atoms with E-state index in [1.165, 1.54) is 6.42 Å². The first-order chi connectivity index (χ1) is 10.3. The lowest BCUT2D eigenvalue weighted by Crippen LogP contribution is -2.49. The summed E-state index contributed by atoms with van der Waals surface area (Å²) in [5, 5.41) is 3.37. The molecule has 0 radical (unpaired) electrons. The number of carbonyl (C=O) groups excluding carboxylic acids is 1. The summed E-state index contributed by atoms with van der Waals surface area (Å²) in [5.41, 5.74) is 1.09. The third kappa shape index (κ3) is 3.38. The fraction of sp³-hybridized carbons (Fsp3) is 0.588. The number of methoxy groups -OCH3 is 1. The Morgan fingerprint density at radius 3 is 2.76 bits per heavy atom. The van der Waals surface area contributed by atoms with Crippen LogP contribution < -0.4 is 10.1 Å². The fourth-order valence-corrected chi connectivity index (χ4v) is 3.05. The molecule has 1 saturated carbocycles. The number of para-hydroxylation sites is 1. The van der Waals surface area contributed by atoms with Gasteiger partial charge in [-0.05, 0) is 38.3 Å². The molecule has 1 unspecified atom stereocenters. The maximum atomic E-state index is 12.8. The molecule has 2 fully saturated rings. The first-order valence-corrected chi connectivity index (χ1v) is 7.95. The monoisotopic (exact) mass is 288 g/mol. The topological polar surface area (TPSA) is 41.6 Å². The van der Waals surface area contributed by atoms with Crippen molar-refractivity contribution in [3.63, 3.8) is 0 Å². The van der Waals surface area contributed by atoms with Crippen LogP contribution in [0.15, 0.2) is 24.3 Å². The zero-order chi connectivity index (χ0) is 14.7. The second-order valence-electron chi connectivity index (χ2n) is 6.01. The summed E-state index contributed by atoms with van der Waals surface area (Å²) in [7, 11) is 1.69. The van der Waals surface area contributed by atoms with Crippen LogP contribution >= 0.6 is 0 Å². The highest BCUT2D eigenvalue weighted by Crippen LogP contribution is 2.31. The lowest BCUT2D eigenvalue weighted by Gasteiger charge is -2.30. The van der Waals surface area contributed by atoms with E-state index in [1.807, 2.05) is 18.2 Å². The molecule has 1 aliphatic heterocycles. The molecular formula is C17H24N2O2. The van der Waals surface area contributed by atoms with E-state index in [0.29, 0.717) is 12.6 Å². The van der Waals surface area contributed by atoms with Crippen molar-refractivity contribution in [2.75, 3.05) is 13.7 Å². The van der Waals surface area contributed by atoms with Gasteiger partial charge >= 0.3 is 0 Å². The van der Waals surface area contributed by atoms with Crippen LogP contribution in [0.25, 0.3) is 0 Å². The van der Waals surface area contributed by atoms with Crippen LogP contribution in [0.5, 0.6) is 5.75 Å². The molecule has 1 saturated heterocycles. The number of piperidine rings is 1. The molecule has 4 nitrogen and oxygen atoms in total. The average Bonchev–Trinajstić information content (AvgIpc) is 3.38. The summed E-state index contributed by atoms with van der Waals surface area (Å²) in [6.45, 7) is 1.62. The third-order valence-corrected chi connectivity index (χ3v) is 4.41. The van der Waals surface area contributed by atoms with Gasteiger partial charge < -0.3 is 15.0 Å². The number of ether oxygens (including phenoxy) is 1. The minimum Gasteiger partial charge on any atom is -0.496 e. The van der Waals surface area contributed by atoms with Gasteiger partial charge in [0.25, 0.3) is 0 Å². The molecule has 1 aromatic carbocycles. The molecule has 2 aliphatic rings. The Balaban J connectivity index is 1.73. The number of nitrogens with one attached hydrogen (secondary N) is 1. The minimum absolute atomic E-state index is 0.00839. The van der Waals surface area contributed by atoms with Crippen LogP contribution in [0.4, 0.5) is 0 Å². The Morgan fingerprint density at radius 2 is 2.10 bits per heavy atom. The van der Waals surface area contributed by atoms with Crippen molar-refractivity contribution in [3.8, 4) is 5.75 Å². The molecule has 1 heterocycles. The smallest absolute Gasteiger partial charge is 0.240 e. The zero-order valence-electron chi connectivity index (χ0n) is 12.7. The molecule has 0 spiro atoms. The Labute approximate surface area is 126 Å². The third-order valence-electron chi connectivity index (χ3n) is 4.41. The molecule has 1 amide bonds. The predicted octanol–water partition coefficient (Wildman–Crippen LogP) is 2.33. The van der Waals surface area contributed by atoms with Crippen molar-refractivity contribution in [2.24, 2.45) is 0 Å². The highest BCUT2D eigenvalue weighted by atomic mass is 16.5. The van der Waals surface area contributed by atoms with Crippen molar-refractivity contribution in [1.82, 2.24) is 10.2 Å². The van der Waals surface area contributed by atoms with Gasteiger partial charge in [-0.2, -0.15) is 0 Å². The van der Waals surface area contributed by atoms with Gasteiger partial charge in [0.05, 0.1) is 13.2 Å². The van der Waals surface area contributed by atoms with Crippen molar-refractivity contribution in [2.45, 2.75) is 50.7 Å². The van der Waals surface area contributed by atoms with Crippen LogP contribution in [0.3, 0.4) is 0 Å². The summed E-state index contributed by atoms with van der Waals surface area (Å²) in [6.07, 6.45) is 5.56. The first kappa shape index (κ1) is 14.4. The molecule has 1 atom stereocenters. The second kappa shape index (κ2) is 6.48. The molecule has 3 rings (SSSR count). The van der Waals surface area contributed by atoms with Crippen LogP contribution in [-0.2, 0) is 11.3 Å². The van der Waals surface area contributed by atoms with Crippen LogP contribution in [0, 0.1) is 0 Å². The van der Waals surface area contributed by atoms with E-state index < -0.39 is 0 Å². The molecule has 0 bridgehead atoms. The fourth-order valence-electron chi connectivity index (χ4n) is 3.05. The lowest BCUT2D eigenvalue weighted by molar-refractivity contribution is -0.135. The lowest BCUT2D eigenvalue weighted by atomic mass is 10.0. The summed E-state index contributed by atoms with van der Waals surface area (Å²) >= 11 is 0. The summed E-state index contributed by atoms with van der Waals surface area (Å²) in [4.78, 5) is 14.9. The molecule has 21 heavy (non-hydrogen) atoms. The van der Waals surface area contributed by atoms with E-state index in [0.717, 1.165) is 43.5 Å². The standard InChI is InChI=1S/C17H24N2O2/c1-21-16-8-3-2-6-13(16)12-19(14-9-10-14)17(20)15-7-4-5-11-18-15/h2-3,6,8,14-15,18H,4-5,7,9-12H2,1H3. The normalized spacial score (nSPS) is 21.9. The van der Waals surface area contributed by atoms with Gasteiger partial charge in [-0.1, -0.05) is 24.6 Å².